The molecule has 1 aliphatic rings. The third-order valence-electron chi connectivity index (χ3n) is 3.34. The van der Waals surface area contributed by atoms with E-state index in [9.17, 15) is 9.59 Å². The Labute approximate surface area is 118 Å². The minimum absolute atomic E-state index is 0.0497. The topological polar surface area (TPSA) is 80.1 Å². The van der Waals surface area contributed by atoms with Crippen LogP contribution in [0.1, 0.15) is 32.6 Å². The van der Waals surface area contributed by atoms with Crippen molar-refractivity contribution in [2.75, 3.05) is 13.1 Å². The van der Waals surface area contributed by atoms with E-state index < -0.39 is 0 Å². The summed E-state index contributed by atoms with van der Waals surface area (Å²) in [5.41, 5.74) is 0. The fraction of sp³-hybridized carbons (Fsp3) is 0.692. The highest BCUT2D eigenvalue weighted by molar-refractivity contribution is 5.85. The van der Waals surface area contributed by atoms with Crippen LogP contribution in [0.15, 0.2) is 12.7 Å². The highest BCUT2D eigenvalue weighted by Crippen LogP contribution is 2.10. The van der Waals surface area contributed by atoms with E-state index >= 15 is 0 Å². The maximum absolute atomic E-state index is 12.0. The molecule has 20 heavy (non-hydrogen) atoms. The van der Waals surface area contributed by atoms with Crippen LogP contribution in [0.5, 0.6) is 0 Å². The molecular formula is C13H21N5O2. The number of amides is 2. The van der Waals surface area contributed by atoms with Gasteiger partial charge in [-0.2, -0.15) is 5.10 Å². The summed E-state index contributed by atoms with van der Waals surface area (Å²) in [6.45, 7) is 3.31. The molecule has 0 aliphatic carbocycles. The van der Waals surface area contributed by atoms with Gasteiger partial charge in [-0.3, -0.25) is 14.3 Å². The maximum atomic E-state index is 12.0. The largest absolute Gasteiger partial charge is 0.350 e. The Bertz CT molecular complexity index is 446. The predicted molar refractivity (Wildman–Crippen MR) is 72.7 cm³/mol. The normalized spacial score (nSPS) is 17.6. The van der Waals surface area contributed by atoms with E-state index in [1.807, 2.05) is 6.92 Å². The Morgan fingerprint density at radius 2 is 2.30 bits per heavy atom. The molecule has 0 radical (unpaired) electrons. The van der Waals surface area contributed by atoms with Gasteiger partial charge in [0.15, 0.2) is 0 Å². The molecule has 0 spiro atoms. The molecule has 0 unspecified atom stereocenters. The number of likely N-dealkylation sites (tertiary alicyclic amines) is 1. The van der Waals surface area contributed by atoms with Crippen LogP contribution in [0.4, 0.5) is 0 Å². The van der Waals surface area contributed by atoms with Gasteiger partial charge in [-0.15, -0.1) is 0 Å². The van der Waals surface area contributed by atoms with E-state index in [4.69, 9.17) is 0 Å². The number of carbonyl (C=O) groups excluding carboxylic acids is 2. The van der Waals surface area contributed by atoms with Crippen LogP contribution >= 0.6 is 0 Å². The van der Waals surface area contributed by atoms with Crippen LogP contribution < -0.4 is 5.32 Å². The van der Waals surface area contributed by atoms with E-state index in [0.29, 0.717) is 19.5 Å². The molecule has 110 valence electrons. The zero-order valence-corrected chi connectivity index (χ0v) is 11.8. The number of carbonyl (C=O) groups is 2. The third-order valence-corrected chi connectivity index (χ3v) is 3.34. The second kappa shape index (κ2) is 7.02. The van der Waals surface area contributed by atoms with Gasteiger partial charge in [0.25, 0.3) is 0 Å². The lowest BCUT2D eigenvalue weighted by Gasteiger charge is -2.21. The summed E-state index contributed by atoms with van der Waals surface area (Å²) in [6, 6.07) is -0.0497. The molecule has 1 aromatic heterocycles. The van der Waals surface area contributed by atoms with Crippen molar-refractivity contribution >= 4 is 11.8 Å². The van der Waals surface area contributed by atoms with E-state index in [-0.39, 0.29) is 24.4 Å². The van der Waals surface area contributed by atoms with Crippen LogP contribution in [0.3, 0.4) is 0 Å². The first-order valence-corrected chi connectivity index (χ1v) is 7.04. The maximum Gasteiger partial charge on any atom is 0.239 e. The standard InChI is InChI=1S/C13H21N5O2/c1-11(7-18-10-14-9-15-18)16-12(19)8-17-6-4-2-3-5-13(17)20/h9-11H,2-8H2,1H3,(H,16,19)/t11-/m0/s1. The van der Waals surface area contributed by atoms with Crippen molar-refractivity contribution in [2.24, 2.45) is 0 Å². The predicted octanol–water partition coefficient (Wildman–Crippen LogP) is 0.185. The summed E-state index contributed by atoms with van der Waals surface area (Å²) < 4.78 is 1.67. The van der Waals surface area contributed by atoms with Gasteiger partial charge in [0, 0.05) is 19.0 Å². The van der Waals surface area contributed by atoms with Crippen LogP contribution in [-0.4, -0.2) is 50.6 Å². The van der Waals surface area contributed by atoms with Gasteiger partial charge in [-0.05, 0) is 19.8 Å². The first-order valence-electron chi connectivity index (χ1n) is 7.04. The number of nitrogens with one attached hydrogen (secondary N) is 1. The average Bonchev–Trinajstić information content (AvgIpc) is 2.81. The summed E-state index contributed by atoms with van der Waals surface area (Å²) in [5.74, 6) is -0.0329. The molecule has 1 saturated heterocycles. The van der Waals surface area contributed by atoms with Gasteiger partial charge in [-0.25, -0.2) is 4.98 Å². The Balaban J connectivity index is 1.77. The zero-order valence-electron chi connectivity index (χ0n) is 11.8. The van der Waals surface area contributed by atoms with E-state index in [1.165, 1.54) is 6.33 Å². The van der Waals surface area contributed by atoms with Crippen LogP contribution in [-0.2, 0) is 16.1 Å². The molecule has 1 N–H and O–H groups in total. The highest BCUT2D eigenvalue weighted by Gasteiger charge is 2.19. The molecule has 2 rings (SSSR count). The van der Waals surface area contributed by atoms with Gasteiger partial charge in [0.2, 0.25) is 11.8 Å². The zero-order chi connectivity index (χ0) is 14.4. The monoisotopic (exact) mass is 279 g/mol. The quantitative estimate of drug-likeness (QED) is 0.834. The van der Waals surface area contributed by atoms with Gasteiger partial charge >= 0.3 is 0 Å². The summed E-state index contributed by atoms with van der Waals surface area (Å²) in [5, 5.41) is 6.88. The number of nitrogens with zero attached hydrogens (tertiary/aromatic N) is 4. The molecule has 0 aromatic carbocycles. The molecule has 7 heteroatoms. The molecule has 7 nitrogen and oxygen atoms in total. The van der Waals surface area contributed by atoms with Crippen molar-refractivity contribution in [3.63, 3.8) is 0 Å². The van der Waals surface area contributed by atoms with Crippen molar-refractivity contribution in [1.29, 1.82) is 0 Å². The Morgan fingerprint density at radius 3 is 3.05 bits per heavy atom. The Morgan fingerprint density at radius 1 is 1.45 bits per heavy atom. The van der Waals surface area contributed by atoms with Crippen LogP contribution in [0.25, 0.3) is 0 Å². The summed E-state index contributed by atoms with van der Waals surface area (Å²) in [6.07, 6.45) is 6.60. The molecule has 1 aromatic rings. The van der Waals surface area contributed by atoms with Gasteiger partial charge in [0.05, 0.1) is 13.1 Å². The fourth-order valence-corrected chi connectivity index (χ4v) is 2.35. The van der Waals surface area contributed by atoms with Crippen LogP contribution in [0.2, 0.25) is 0 Å². The van der Waals surface area contributed by atoms with Gasteiger partial charge in [0.1, 0.15) is 12.7 Å². The summed E-state index contributed by atoms with van der Waals surface area (Å²) >= 11 is 0. The second-order valence-electron chi connectivity index (χ2n) is 5.21. The molecule has 2 amide bonds. The van der Waals surface area contributed by atoms with E-state index in [2.05, 4.69) is 15.4 Å². The SMILES string of the molecule is C[C@@H](Cn1cncn1)NC(=O)CN1CCCCCC1=O. The minimum Gasteiger partial charge on any atom is -0.350 e. The summed E-state index contributed by atoms with van der Waals surface area (Å²) in [7, 11) is 0. The molecular weight excluding hydrogens is 258 g/mol. The minimum atomic E-state index is -0.118. The first kappa shape index (κ1) is 14.5. The number of rotatable bonds is 5. The Hall–Kier alpha value is -1.92. The molecule has 0 bridgehead atoms. The first-order chi connectivity index (χ1) is 9.65. The van der Waals surface area contributed by atoms with Crippen molar-refractivity contribution in [2.45, 2.75) is 45.2 Å². The third kappa shape index (κ3) is 4.32. The average molecular weight is 279 g/mol. The molecule has 0 saturated carbocycles. The van der Waals surface area contributed by atoms with Gasteiger partial charge in [-0.1, -0.05) is 6.42 Å². The Kier molecular flexibility index (Phi) is 5.09. The number of hydrogen-bond donors (Lipinski definition) is 1. The summed E-state index contributed by atoms with van der Waals surface area (Å²) in [4.78, 5) is 29.3. The van der Waals surface area contributed by atoms with Crippen molar-refractivity contribution < 1.29 is 9.59 Å². The number of hydrogen-bond acceptors (Lipinski definition) is 4. The molecule has 2 heterocycles. The van der Waals surface area contributed by atoms with Crippen molar-refractivity contribution in [3.8, 4) is 0 Å². The fourth-order valence-electron chi connectivity index (χ4n) is 2.35. The lowest BCUT2D eigenvalue weighted by Crippen LogP contribution is -2.44. The van der Waals surface area contributed by atoms with Crippen molar-refractivity contribution in [1.82, 2.24) is 25.0 Å². The number of aromatic nitrogens is 3. The van der Waals surface area contributed by atoms with Crippen molar-refractivity contribution in [3.05, 3.63) is 12.7 Å². The van der Waals surface area contributed by atoms with E-state index in [1.54, 1.807) is 15.9 Å². The smallest absolute Gasteiger partial charge is 0.239 e. The second-order valence-corrected chi connectivity index (χ2v) is 5.21. The van der Waals surface area contributed by atoms with Crippen LogP contribution in [0, 0.1) is 0 Å². The highest BCUT2D eigenvalue weighted by atomic mass is 16.2. The van der Waals surface area contributed by atoms with E-state index in [0.717, 1.165) is 19.3 Å². The molecule has 1 fully saturated rings. The lowest BCUT2D eigenvalue weighted by atomic mass is 10.2. The lowest BCUT2D eigenvalue weighted by molar-refractivity contribution is -0.135. The molecule has 1 aliphatic heterocycles. The molecule has 1 atom stereocenters. The van der Waals surface area contributed by atoms with Gasteiger partial charge < -0.3 is 10.2 Å².